The van der Waals surface area contributed by atoms with Gasteiger partial charge in [-0.15, -0.1) is 0 Å². The van der Waals surface area contributed by atoms with Gasteiger partial charge in [0.1, 0.15) is 29.7 Å². The van der Waals surface area contributed by atoms with Crippen LogP contribution in [0.5, 0.6) is 17.2 Å². The molecule has 0 saturated carbocycles. The second-order valence-electron chi connectivity index (χ2n) is 7.56. The van der Waals surface area contributed by atoms with E-state index in [4.69, 9.17) is 18.9 Å². The lowest BCUT2D eigenvalue weighted by atomic mass is 10.0. The van der Waals surface area contributed by atoms with Gasteiger partial charge in [-0.3, -0.25) is 4.79 Å². The van der Waals surface area contributed by atoms with Crippen molar-refractivity contribution in [2.24, 2.45) is 0 Å². The third-order valence-electron chi connectivity index (χ3n) is 5.25. The zero-order chi connectivity index (χ0) is 22.2. The number of benzene rings is 3. The summed E-state index contributed by atoms with van der Waals surface area (Å²) in [6.45, 7) is 2.72. The van der Waals surface area contributed by atoms with Gasteiger partial charge in [-0.25, -0.2) is 4.39 Å². The summed E-state index contributed by atoms with van der Waals surface area (Å²) in [4.78, 5) is 13.1. The predicted octanol–water partition coefficient (Wildman–Crippen LogP) is 5.96. The molecule has 7 heteroatoms. The maximum Gasteiger partial charge on any atom is 0.232 e. The number of allylic oxidation sites excluding steroid dienone is 1. The third kappa shape index (κ3) is 4.01. The molecule has 5 rings (SSSR count). The van der Waals surface area contributed by atoms with Crippen LogP contribution >= 0.6 is 15.9 Å². The quantitative estimate of drug-likeness (QED) is 0.417. The molecule has 0 spiro atoms. The predicted molar refractivity (Wildman–Crippen MR) is 119 cm³/mol. The van der Waals surface area contributed by atoms with Crippen LogP contribution in [0.3, 0.4) is 0 Å². The van der Waals surface area contributed by atoms with Crippen LogP contribution in [0.1, 0.15) is 32.6 Å². The van der Waals surface area contributed by atoms with E-state index in [1.54, 1.807) is 30.3 Å². The van der Waals surface area contributed by atoms with Crippen LogP contribution < -0.4 is 14.2 Å². The van der Waals surface area contributed by atoms with Crippen LogP contribution in [0, 0.1) is 12.7 Å². The van der Waals surface area contributed by atoms with E-state index < -0.39 is 0 Å². The number of fused-ring (bicyclic) bond motifs is 2. The molecule has 0 aliphatic carbocycles. The lowest BCUT2D eigenvalue weighted by molar-refractivity contribution is -0.0165. The Morgan fingerprint density at radius 1 is 1.16 bits per heavy atom. The van der Waals surface area contributed by atoms with E-state index in [-0.39, 0.29) is 30.8 Å². The number of hydrogen-bond donors (Lipinski definition) is 0. The SMILES string of the molecule is Cc1cc(OCc2ccc(F)cc2)cc2c1C(=O)/C(=C/c1cc(Br)cc3c1OCOC3)O2. The van der Waals surface area contributed by atoms with Crippen molar-refractivity contribution in [1.29, 1.82) is 0 Å². The van der Waals surface area contributed by atoms with E-state index in [0.29, 0.717) is 29.4 Å². The van der Waals surface area contributed by atoms with Gasteiger partial charge < -0.3 is 18.9 Å². The molecule has 0 radical (unpaired) electrons. The Kier molecular flexibility index (Phi) is 5.45. The van der Waals surface area contributed by atoms with Gasteiger partial charge in [0.15, 0.2) is 12.6 Å². The lowest BCUT2D eigenvalue weighted by Crippen LogP contribution is -2.12. The highest BCUT2D eigenvalue weighted by molar-refractivity contribution is 9.10. The molecule has 0 fully saturated rings. The number of hydrogen-bond acceptors (Lipinski definition) is 5. The number of carbonyl (C=O) groups excluding carboxylic acids is 1. The van der Waals surface area contributed by atoms with Crippen molar-refractivity contribution in [2.75, 3.05) is 6.79 Å². The minimum Gasteiger partial charge on any atom is -0.489 e. The summed E-state index contributed by atoms with van der Waals surface area (Å²) in [5.74, 6) is 1.43. The molecule has 0 unspecified atom stereocenters. The highest BCUT2D eigenvalue weighted by atomic mass is 79.9. The first-order valence-corrected chi connectivity index (χ1v) is 10.8. The molecule has 0 atom stereocenters. The summed E-state index contributed by atoms with van der Waals surface area (Å²) in [5, 5.41) is 0. The largest absolute Gasteiger partial charge is 0.489 e. The second-order valence-corrected chi connectivity index (χ2v) is 8.48. The average Bonchev–Trinajstić information content (AvgIpc) is 3.08. The summed E-state index contributed by atoms with van der Waals surface area (Å²) in [7, 11) is 0. The number of carbonyl (C=O) groups is 1. The Morgan fingerprint density at radius 3 is 2.78 bits per heavy atom. The van der Waals surface area contributed by atoms with E-state index in [2.05, 4.69) is 15.9 Å². The summed E-state index contributed by atoms with van der Waals surface area (Å²) >= 11 is 3.49. The minimum absolute atomic E-state index is 0.160. The summed E-state index contributed by atoms with van der Waals surface area (Å²) < 4.78 is 36.7. The third-order valence-corrected chi connectivity index (χ3v) is 5.71. The molecule has 2 heterocycles. The van der Waals surface area contributed by atoms with Crippen LogP contribution in [-0.2, 0) is 18.0 Å². The van der Waals surface area contributed by atoms with Crippen molar-refractivity contribution in [1.82, 2.24) is 0 Å². The minimum atomic E-state index is -0.294. The van der Waals surface area contributed by atoms with Gasteiger partial charge in [0.2, 0.25) is 5.78 Å². The monoisotopic (exact) mass is 496 g/mol. The summed E-state index contributed by atoms with van der Waals surface area (Å²) in [6, 6.07) is 13.4. The molecule has 2 aliphatic heterocycles. The van der Waals surface area contributed by atoms with Gasteiger partial charge in [-0.1, -0.05) is 28.1 Å². The molecule has 2 aliphatic rings. The Morgan fingerprint density at radius 2 is 1.97 bits per heavy atom. The topological polar surface area (TPSA) is 54.0 Å². The number of Topliss-reactive ketones (excluding diaryl/α,β-unsaturated/α-hetero) is 1. The average molecular weight is 497 g/mol. The van der Waals surface area contributed by atoms with Crippen molar-refractivity contribution in [3.63, 3.8) is 0 Å². The summed E-state index contributed by atoms with van der Waals surface area (Å²) in [6.07, 6.45) is 1.69. The smallest absolute Gasteiger partial charge is 0.232 e. The molecular formula is C25H18BrFO5. The fourth-order valence-electron chi connectivity index (χ4n) is 3.77. The van der Waals surface area contributed by atoms with Crippen LogP contribution in [0.2, 0.25) is 0 Å². The van der Waals surface area contributed by atoms with Crippen molar-refractivity contribution in [3.8, 4) is 17.2 Å². The van der Waals surface area contributed by atoms with Gasteiger partial charge in [-0.05, 0) is 54.5 Å². The Hall–Kier alpha value is -3.16. The zero-order valence-corrected chi connectivity index (χ0v) is 18.7. The van der Waals surface area contributed by atoms with Crippen molar-refractivity contribution >= 4 is 27.8 Å². The van der Waals surface area contributed by atoms with Crippen molar-refractivity contribution in [2.45, 2.75) is 20.1 Å². The molecule has 0 amide bonds. The van der Waals surface area contributed by atoms with Crippen molar-refractivity contribution < 1.29 is 28.1 Å². The summed E-state index contributed by atoms with van der Waals surface area (Å²) in [5.41, 5.74) is 3.74. The molecule has 0 N–H and O–H groups in total. The first kappa shape index (κ1) is 20.7. The van der Waals surface area contributed by atoms with Crippen LogP contribution in [-0.4, -0.2) is 12.6 Å². The highest BCUT2D eigenvalue weighted by Gasteiger charge is 2.30. The highest BCUT2D eigenvalue weighted by Crippen LogP contribution is 2.39. The first-order valence-electron chi connectivity index (χ1n) is 9.97. The van der Waals surface area contributed by atoms with E-state index in [1.807, 2.05) is 19.1 Å². The molecule has 0 bridgehead atoms. The zero-order valence-electron chi connectivity index (χ0n) is 17.1. The fourth-order valence-corrected chi connectivity index (χ4v) is 4.29. The molecule has 0 aromatic heterocycles. The van der Waals surface area contributed by atoms with E-state index in [9.17, 15) is 9.18 Å². The van der Waals surface area contributed by atoms with Gasteiger partial charge in [0.25, 0.3) is 0 Å². The van der Waals surface area contributed by atoms with E-state index >= 15 is 0 Å². The fraction of sp³-hybridized carbons (Fsp3) is 0.160. The Balaban J connectivity index is 1.42. The van der Waals surface area contributed by atoms with Crippen molar-refractivity contribution in [3.05, 3.63) is 92.4 Å². The van der Waals surface area contributed by atoms with Gasteiger partial charge in [0, 0.05) is 21.7 Å². The van der Waals surface area contributed by atoms with Crippen LogP contribution in [0.4, 0.5) is 4.39 Å². The second kappa shape index (κ2) is 8.41. The first-order chi connectivity index (χ1) is 15.5. The standard InChI is InChI=1S/C25H18BrFO5/c1-14-6-20(30-11-15-2-4-19(27)5-3-15)10-21-23(14)24(28)22(32-21)9-16-7-18(26)8-17-12-29-13-31-25(16)17/h2-10H,11-13H2,1H3/b22-9-. The van der Waals surface area contributed by atoms with E-state index in [0.717, 1.165) is 26.7 Å². The molecule has 162 valence electrons. The number of aryl methyl sites for hydroxylation is 1. The van der Waals surface area contributed by atoms with Crippen LogP contribution in [0.15, 0.2) is 58.8 Å². The molecule has 3 aromatic rings. The Bertz CT molecular complexity index is 1250. The number of halogens is 2. The maximum atomic E-state index is 13.1. The molecule has 3 aromatic carbocycles. The molecule has 5 nitrogen and oxygen atoms in total. The molecular weight excluding hydrogens is 479 g/mol. The maximum absolute atomic E-state index is 13.1. The number of rotatable bonds is 4. The molecule has 32 heavy (non-hydrogen) atoms. The van der Waals surface area contributed by atoms with Gasteiger partial charge >= 0.3 is 0 Å². The number of ketones is 1. The Labute approximate surface area is 192 Å². The number of ether oxygens (including phenoxy) is 4. The normalized spacial score (nSPS) is 15.7. The van der Waals surface area contributed by atoms with E-state index in [1.165, 1.54) is 12.1 Å². The molecule has 0 saturated heterocycles. The van der Waals surface area contributed by atoms with Gasteiger partial charge in [0.05, 0.1) is 12.2 Å². The lowest BCUT2D eigenvalue weighted by Gasteiger charge is -2.20. The van der Waals surface area contributed by atoms with Crippen LogP contribution in [0.25, 0.3) is 6.08 Å². The van der Waals surface area contributed by atoms with Gasteiger partial charge in [-0.2, -0.15) is 0 Å².